The maximum Gasteiger partial charge on any atom is 0.410 e. The van der Waals surface area contributed by atoms with Crippen molar-refractivity contribution in [3.63, 3.8) is 0 Å². The van der Waals surface area contributed by atoms with Gasteiger partial charge in [-0.1, -0.05) is 0 Å². The Kier molecular flexibility index (Phi) is 5.86. The molecule has 1 aliphatic heterocycles. The molecule has 2 aromatic heterocycles. The van der Waals surface area contributed by atoms with E-state index >= 15 is 0 Å². The highest BCUT2D eigenvalue weighted by molar-refractivity contribution is 5.93. The van der Waals surface area contributed by atoms with E-state index in [1.54, 1.807) is 17.2 Å². The molecule has 8 nitrogen and oxygen atoms in total. The molecule has 0 aromatic carbocycles. The van der Waals surface area contributed by atoms with Crippen LogP contribution >= 0.6 is 0 Å². The molecule has 1 atom stereocenters. The standard InChI is InChI=1S/C23H30N6O2/c1-23(2,3)31-22(30)29-9-5-8-17(14-29)26-20-11-19-15(13-25-20)10-18(12-24)28-21(19)27-16-6-4-7-16/h10-11,13,16-17H,4-9,14H2,1-3H3,(H,25,26)(H,27,28)/t17-/m0/s1. The lowest BCUT2D eigenvalue weighted by Gasteiger charge is -2.34. The Labute approximate surface area is 183 Å². The van der Waals surface area contributed by atoms with Crippen LogP contribution in [0.3, 0.4) is 0 Å². The number of fused-ring (bicyclic) bond motifs is 1. The normalized spacial score (nSPS) is 19.4. The number of amides is 1. The molecule has 4 rings (SSSR count). The number of pyridine rings is 2. The van der Waals surface area contributed by atoms with Gasteiger partial charge in [-0.25, -0.2) is 14.8 Å². The van der Waals surface area contributed by atoms with E-state index in [0.717, 1.165) is 48.1 Å². The first-order valence-electron chi connectivity index (χ1n) is 11.0. The number of rotatable bonds is 4. The van der Waals surface area contributed by atoms with Gasteiger partial charge in [-0.2, -0.15) is 5.26 Å². The Hall–Kier alpha value is -3.08. The Balaban J connectivity index is 1.51. The summed E-state index contributed by atoms with van der Waals surface area (Å²) in [5.74, 6) is 1.48. The van der Waals surface area contributed by atoms with Crippen LogP contribution in [0.25, 0.3) is 10.8 Å². The second-order valence-corrected chi connectivity index (χ2v) is 9.44. The first-order chi connectivity index (χ1) is 14.8. The molecule has 31 heavy (non-hydrogen) atoms. The van der Waals surface area contributed by atoms with E-state index in [0.29, 0.717) is 24.8 Å². The van der Waals surface area contributed by atoms with Gasteiger partial charge in [0.15, 0.2) is 0 Å². The monoisotopic (exact) mass is 422 g/mol. The van der Waals surface area contributed by atoms with E-state index in [-0.39, 0.29) is 12.1 Å². The van der Waals surface area contributed by atoms with Gasteiger partial charge in [-0.3, -0.25) is 0 Å². The van der Waals surface area contributed by atoms with Gasteiger partial charge in [0.1, 0.15) is 29.0 Å². The Morgan fingerprint density at radius 3 is 2.65 bits per heavy atom. The summed E-state index contributed by atoms with van der Waals surface area (Å²) < 4.78 is 5.52. The van der Waals surface area contributed by atoms with Crippen LogP contribution in [-0.2, 0) is 4.74 Å². The van der Waals surface area contributed by atoms with Crippen molar-refractivity contribution in [2.24, 2.45) is 0 Å². The van der Waals surface area contributed by atoms with Crippen LogP contribution in [0.4, 0.5) is 16.4 Å². The zero-order valence-corrected chi connectivity index (χ0v) is 18.4. The van der Waals surface area contributed by atoms with Crippen LogP contribution in [0.2, 0.25) is 0 Å². The van der Waals surface area contributed by atoms with Crippen molar-refractivity contribution in [1.29, 1.82) is 5.26 Å². The summed E-state index contributed by atoms with van der Waals surface area (Å²) in [5.41, 5.74) is -0.117. The molecule has 1 amide bonds. The van der Waals surface area contributed by atoms with Crippen LogP contribution in [0.15, 0.2) is 18.3 Å². The fourth-order valence-corrected chi connectivity index (χ4v) is 3.93. The third-order valence-corrected chi connectivity index (χ3v) is 5.70. The Bertz CT molecular complexity index is 1010. The minimum Gasteiger partial charge on any atom is -0.444 e. The minimum absolute atomic E-state index is 0.0978. The summed E-state index contributed by atoms with van der Waals surface area (Å²) in [4.78, 5) is 23.3. The van der Waals surface area contributed by atoms with E-state index in [1.165, 1.54) is 6.42 Å². The fourth-order valence-electron chi connectivity index (χ4n) is 3.93. The second-order valence-electron chi connectivity index (χ2n) is 9.44. The summed E-state index contributed by atoms with van der Waals surface area (Å²) in [6.45, 7) is 6.92. The van der Waals surface area contributed by atoms with E-state index in [9.17, 15) is 10.1 Å². The van der Waals surface area contributed by atoms with E-state index in [1.807, 2.05) is 26.8 Å². The highest BCUT2D eigenvalue weighted by atomic mass is 16.6. The van der Waals surface area contributed by atoms with Crippen molar-refractivity contribution < 1.29 is 9.53 Å². The van der Waals surface area contributed by atoms with Crippen molar-refractivity contribution >= 4 is 28.5 Å². The van der Waals surface area contributed by atoms with Crippen LogP contribution in [0, 0.1) is 11.3 Å². The number of carbonyl (C=O) groups excluding carboxylic acids is 1. The number of ether oxygens (including phenoxy) is 1. The molecular weight excluding hydrogens is 392 g/mol. The first-order valence-corrected chi connectivity index (χ1v) is 11.0. The van der Waals surface area contributed by atoms with Gasteiger partial charge in [0.2, 0.25) is 0 Å². The highest BCUT2D eigenvalue weighted by Gasteiger charge is 2.28. The highest BCUT2D eigenvalue weighted by Crippen LogP contribution is 2.29. The van der Waals surface area contributed by atoms with Gasteiger partial charge < -0.3 is 20.3 Å². The molecule has 1 aliphatic carbocycles. The van der Waals surface area contributed by atoms with Gasteiger partial charge in [-0.05, 0) is 65.0 Å². The molecular formula is C23H30N6O2. The molecule has 3 heterocycles. The second kappa shape index (κ2) is 8.58. The Morgan fingerprint density at radius 1 is 1.19 bits per heavy atom. The lowest BCUT2D eigenvalue weighted by molar-refractivity contribution is 0.0206. The zero-order valence-electron chi connectivity index (χ0n) is 18.4. The maximum absolute atomic E-state index is 12.4. The first kappa shape index (κ1) is 21.2. The number of nitriles is 1. The summed E-state index contributed by atoms with van der Waals surface area (Å²) in [6, 6.07) is 6.40. The van der Waals surface area contributed by atoms with E-state index in [4.69, 9.17) is 4.74 Å². The number of piperidine rings is 1. The smallest absolute Gasteiger partial charge is 0.410 e. The van der Waals surface area contributed by atoms with Gasteiger partial charge in [-0.15, -0.1) is 0 Å². The predicted octanol–water partition coefficient (Wildman–Crippen LogP) is 4.28. The lowest BCUT2D eigenvalue weighted by Crippen LogP contribution is -2.47. The molecule has 0 radical (unpaired) electrons. The predicted molar refractivity (Wildman–Crippen MR) is 120 cm³/mol. The lowest BCUT2D eigenvalue weighted by atomic mass is 9.93. The fraction of sp³-hybridized carbons (Fsp3) is 0.565. The van der Waals surface area contributed by atoms with Crippen LogP contribution in [0.1, 0.15) is 58.6 Å². The molecule has 0 bridgehead atoms. The number of likely N-dealkylation sites (tertiary alicyclic amines) is 1. The van der Waals surface area contributed by atoms with Crippen LogP contribution in [0.5, 0.6) is 0 Å². The molecule has 0 unspecified atom stereocenters. The number of carbonyl (C=O) groups is 1. The quantitative estimate of drug-likeness (QED) is 0.758. The molecule has 164 valence electrons. The SMILES string of the molecule is CC(C)(C)OC(=O)N1CCC[C@H](Nc2cc3c(NC4CCC4)nc(C#N)cc3cn2)C1. The van der Waals surface area contributed by atoms with E-state index < -0.39 is 5.60 Å². The number of nitrogens with zero attached hydrogens (tertiary/aromatic N) is 4. The molecule has 1 saturated carbocycles. The molecule has 2 fully saturated rings. The zero-order chi connectivity index (χ0) is 22.0. The van der Waals surface area contributed by atoms with Gasteiger partial charge >= 0.3 is 6.09 Å². The average Bonchev–Trinajstić information content (AvgIpc) is 2.69. The summed E-state index contributed by atoms with van der Waals surface area (Å²) in [5, 5.41) is 18.1. The van der Waals surface area contributed by atoms with E-state index in [2.05, 4.69) is 26.7 Å². The molecule has 2 aromatic rings. The number of hydrogen-bond donors (Lipinski definition) is 2. The van der Waals surface area contributed by atoms with Crippen molar-refractivity contribution in [3.8, 4) is 6.07 Å². The number of nitrogens with one attached hydrogen (secondary N) is 2. The van der Waals surface area contributed by atoms with Crippen molar-refractivity contribution in [2.75, 3.05) is 23.7 Å². The van der Waals surface area contributed by atoms with Crippen LogP contribution in [-0.4, -0.2) is 51.7 Å². The summed E-state index contributed by atoms with van der Waals surface area (Å²) >= 11 is 0. The molecule has 8 heteroatoms. The van der Waals surface area contributed by atoms with Crippen molar-refractivity contribution in [3.05, 3.63) is 24.0 Å². The third-order valence-electron chi connectivity index (χ3n) is 5.70. The van der Waals surface area contributed by atoms with Crippen molar-refractivity contribution in [2.45, 2.75) is 70.6 Å². The van der Waals surface area contributed by atoms with Gasteiger partial charge in [0.25, 0.3) is 0 Å². The topological polar surface area (TPSA) is 103 Å². The number of anilines is 2. The molecule has 2 N–H and O–H groups in total. The van der Waals surface area contributed by atoms with Gasteiger partial charge in [0, 0.05) is 42.1 Å². The third kappa shape index (κ3) is 5.16. The molecule has 0 spiro atoms. The van der Waals surface area contributed by atoms with Crippen molar-refractivity contribution in [1.82, 2.24) is 14.9 Å². The maximum atomic E-state index is 12.4. The average molecular weight is 423 g/mol. The molecule has 2 aliphatic rings. The Morgan fingerprint density at radius 2 is 1.97 bits per heavy atom. The van der Waals surface area contributed by atoms with Gasteiger partial charge in [0.05, 0.1) is 0 Å². The number of aromatic nitrogens is 2. The largest absolute Gasteiger partial charge is 0.444 e. The van der Waals surface area contributed by atoms with Crippen LogP contribution < -0.4 is 10.6 Å². The number of hydrogen-bond acceptors (Lipinski definition) is 7. The molecule has 1 saturated heterocycles. The summed E-state index contributed by atoms with van der Waals surface area (Å²) in [7, 11) is 0. The summed E-state index contributed by atoms with van der Waals surface area (Å²) in [6.07, 6.45) is 6.84. The minimum atomic E-state index is -0.503.